The molecule has 0 spiro atoms. The minimum atomic E-state index is -0.517. The summed E-state index contributed by atoms with van der Waals surface area (Å²) >= 11 is 1.53. The van der Waals surface area contributed by atoms with E-state index < -0.39 is 11.8 Å². The van der Waals surface area contributed by atoms with E-state index in [-0.39, 0.29) is 24.7 Å². The smallest absolute Gasteiger partial charge is 0.224 e. The summed E-state index contributed by atoms with van der Waals surface area (Å²) in [6.07, 6.45) is 0.653. The number of hydrogen-bond donors (Lipinski definition) is 2. The Morgan fingerprint density at radius 2 is 1.91 bits per heavy atom. The van der Waals surface area contributed by atoms with E-state index in [1.807, 2.05) is 16.8 Å². The van der Waals surface area contributed by atoms with Gasteiger partial charge in [-0.05, 0) is 46.5 Å². The molecule has 0 radical (unpaired) electrons. The van der Waals surface area contributed by atoms with Crippen molar-refractivity contribution in [3.05, 3.63) is 58.0 Å². The van der Waals surface area contributed by atoms with Crippen molar-refractivity contribution >= 4 is 23.2 Å². The summed E-state index contributed by atoms with van der Waals surface area (Å²) in [5.74, 6) is -1.48. The zero-order chi connectivity index (χ0) is 15.9. The van der Waals surface area contributed by atoms with Gasteiger partial charge in [-0.25, -0.2) is 4.39 Å². The molecule has 0 saturated carbocycles. The second kappa shape index (κ2) is 7.70. The molecule has 0 fully saturated rings. The Balaban J connectivity index is 1.87. The molecule has 1 aromatic heterocycles. The van der Waals surface area contributed by atoms with Gasteiger partial charge in [0.2, 0.25) is 11.8 Å². The van der Waals surface area contributed by atoms with Gasteiger partial charge in [-0.1, -0.05) is 12.1 Å². The lowest BCUT2D eigenvalue weighted by molar-refractivity contribution is -0.123. The summed E-state index contributed by atoms with van der Waals surface area (Å²) in [5, 5.41) is 6.54. The fraction of sp³-hybridized carbons (Fsp3) is 0.250. The van der Waals surface area contributed by atoms with Gasteiger partial charge in [0.1, 0.15) is 5.82 Å². The van der Waals surface area contributed by atoms with Gasteiger partial charge < -0.3 is 11.1 Å². The SMILES string of the molecule is NC(=O)C(CNC(=O)Cc1ccsc1)Cc1ccc(F)cc1. The van der Waals surface area contributed by atoms with Crippen molar-refractivity contribution in [2.24, 2.45) is 11.7 Å². The largest absolute Gasteiger partial charge is 0.369 e. The second-order valence-electron chi connectivity index (χ2n) is 5.04. The highest BCUT2D eigenvalue weighted by molar-refractivity contribution is 7.07. The van der Waals surface area contributed by atoms with Gasteiger partial charge in [-0.2, -0.15) is 11.3 Å². The van der Waals surface area contributed by atoms with E-state index in [0.717, 1.165) is 11.1 Å². The zero-order valence-electron chi connectivity index (χ0n) is 11.9. The predicted octanol–water partition coefficient (Wildman–Crippen LogP) is 1.89. The Hall–Kier alpha value is -2.21. The molecule has 6 heteroatoms. The molecule has 4 nitrogen and oxygen atoms in total. The molecule has 116 valence electrons. The number of amides is 2. The number of carbonyl (C=O) groups excluding carboxylic acids is 2. The second-order valence-corrected chi connectivity index (χ2v) is 5.82. The third kappa shape index (κ3) is 4.96. The Bertz CT molecular complexity index is 626. The van der Waals surface area contributed by atoms with Gasteiger partial charge in [-0.15, -0.1) is 0 Å². The lowest BCUT2D eigenvalue weighted by Crippen LogP contribution is -2.37. The van der Waals surface area contributed by atoms with E-state index in [9.17, 15) is 14.0 Å². The summed E-state index contributed by atoms with van der Waals surface area (Å²) in [4.78, 5) is 23.3. The molecule has 1 unspecified atom stereocenters. The van der Waals surface area contributed by atoms with Gasteiger partial charge in [0, 0.05) is 6.54 Å². The maximum Gasteiger partial charge on any atom is 0.224 e. The van der Waals surface area contributed by atoms with Crippen LogP contribution in [0.4, 0.5) is 4.39 Å². The molecular formula is C16H17FN2O2S. The molecule has 3 N–H and O–H groups in total. The molecule has 1 atom stereocenters. The van der Waals surface area contributed by atoms with Gasteiger partial charge in [0.15, 0.2) is 0 Å². The predicted molar refractivity (Wildman–Crippen MR) is 83.8 cm³/mol. The monoisotopic (exact) mass is 320 g/mol. The third-order valence-corrected chi connectivity index (χ3v) is 4.02. The highest BCUT2D eigenvalue weighted by Crippen LogP contribution is 2.10. The van der Waals surface area contributed by atoms with E-state index in [1.54, 1.807) is 12.1 Å². The summed E-state index contributed by atoms with van der Waals surface area (Å²) in [5.41, 5.74) is 7.12. The Morgan fingerprint density at radius 1 is 1.18 bits per heavy atom. The van der Waals surface area contributed by atoms with Crippen LogP contribution in [0.25, 0.3) is 0 Å². The minimum Gasteiger partial charge on any atom is -0.369 e. The van der Waals surface area contributed by atoms with Crippen molar-refractivity contribution < 1.29 is 14.0 Å². The summed E-state index contributed by atoms with van der Waals surface area (Å²) in [7, 11) is 0. The fourth-order valence-corrected chi connectivity index (χ4v) is 2.73. The quantitative estimate of drug-likeness (QED) is 0.818. The summed E-state index contributed by atoms with van der Waals surface area (Å²) in [6, 6.07) is 7.77. The standard InChI is InChI=1S/C16H17FN2O2S/c17-14-3-1-11(2-4-14)7-13(16(18)21)9-19-15(20)8-12-5-6-22-10-12/h1-6,10,13H,7-9H2,(H2,18,21)(H,19,20). The van der Waals surface area contributed by atoms with Crippen molar-refractivity contribution in [2.45, 2.75) is 12.8 Å². The first-order valence-corrected chi connectivity index (χ1v) is 7.80. The van der Waals surface area contributed by atoms with E-state index in [2.05, 4.69) is 5.32 Å². The summed E-state index contributed by atoms with van der Waals surface area (Å²) in [6.45, 7) is 0.176. The number of nitrogens with one attached hydrogen (secondary N) is 1. The van der Waals surface area contributed by atoms with Crippen LogP contribution in [-0.2, 0) is 22.4 Å². The molecule has 2 aromatic rings. The number of benzene rings is 1. The average Bonchev–Trinajstić information content (AvgIpc) is 2.98. The van der Waals surface area contributed by atoms with Crippen molar-refractivity contribution in [3.8, 4) is 0 Å². The van der Waals surface area contributed by atoms with E-state index in [0.29, 0.717) is 6.42 Å². The topological polar surface area (TPSA) is 72.2 Å². The van der Waals surface area contributed by atoms with Gasteiger partial charge in [0.05, 0.1) is 12.3 Å². The molecule has 2 rings (SSSR count). The molecule has 1 heterocycles. The van der Waals surface area contributed by atoms with Gasteiger partial charge in [-0.3, -0.25) is 9.59 Å². The van der Waals surface area contributed by atoms with E-state index >= 15 is 0 Å². The number of rotatable bonds is 7. The highest BCUT2D eigenvalue weighted by Gasteiger charge is 2.17. The van der Waals surface area contributed by atoms with Crippen molar-refractivity contribution in [2.75, 3.05) is 6.54 Å². The number of halogens is 1. The van der Waals surface area contributed by atoms with Crippen LogP contribution in [0, 0.1) is 11.7 Å². The fourth-order valence-electron chi connectivity index (χ4n) is 2.06. The number of primary amides is 1. The molecular weight excluding hydrogens is 303 g/mol. The van der Waals surface area contributed by atoms with Crippen LogP contribution in [0.3, 0.4) is 0 Å². The minimum absolute atomic E-state index is 0.149. The maximum absolute atomic E-state index is 12.9. The normalized spacial score (nSPS) is 11.9. The summed E-state index contributed by atoms with van der Waals surface area (Å²) < 4.78 is 12.9. The van der Waals surface area contributed by atoms with Crippen molar-refractivity contribution in [1.82, 2.24) is 5.32 Å². The molecule has 2 amide bonds. The van der Waals surface area contributed by atoms with E-state index in [1.165, 1.54) is 23.5 Å². The Morgan fingerprint density at radius 3 is 2.50 bits per heavy atom. The lowest BCUT2D eigenvalue weighted by atomic mass is 9.98. The lowest BCUT2D eigenvalue weighted by Gasteiger charge is -2.14. The van der Waals surface area contributed by atoms with Crippen LogP contribution >= 0.6 is 11.3 Å². The molecule has 0 bridgehead atoms. The number of carbonyl (C=O) groups is 2. The van der Waals surface area contributed by atoms with Crippen LogP contribution in [0.2, 0.25) is 0 Å². The van der Waals surface area contributed by atoms with Crippen LogP contribution in [0.15, 0.2) is 41.1 Å². The highest BCUT2D eigenvalue weighted by atomic mass is 32.1. The first-order valence-electron chi connectivity index (χ1n) is 6.86. The van der Waals surface area contributed by atoms with Crippen LogP contribution in [-0.4, -0.2) is 18.4 Å². The van der Waals surface area contributed by atoms with E-state index in [4.69, 9.17) is 5.73 Å². The molecule has 0 aliphatic carbocycles. The maximum atomic E-state index is 12.9. The van der Waals surface area contributed by atoms with Crippen LogP contribution in [0.1, 0.15) is 11.1 Å². The molecule has 1 aromatic carbocycles. The average molecular weight is 320 g/mol. The first-order chi connectivity index (χ1) is 10.5. The number of nitrogens with two attached hydrogens (primary N) is 1. The van der Waals surface area contributed by atoms with Crippen molar-refractivity contribution in [1.29, 1.82) is 0 Å². The Labute approximate surface area is 132 Å². The number of thiophene rings is 1. The first kappa shape index (κ1) is 16.2. The molecule has 22 heavy (non-hydrogen) atoms. The van der Waals surface area contributed by atoms with Crippen LogP contribution in [0.5, 0.6) is 0 Å². The molecule has 0 aliphatic heterocycles. The van der Waals surface area contributed by atoms with Gasteiger partial charge in [0.25, 0.3) is 0 Å². The third-order valence-electron chi connectivity index (χ3n) is 3.29. The Kier molecular flexibility index (Phi) is 5.66. The van der Waals surface area contributed by atoms with Crippen molar-refractivity contribution in [3.63, 3.8) is 0 Å². The van der Waals surface area contributed by atoms with Gasteiger partial charge >= 0.3 is 0 Å². The number of hydrogen-bond acceptors (Lipinski definition) is 3. The molecule has 0 saturated heterocycles. The zero-order valence-corrected chi connectivity index (χ0v) is 12.7. The molecule has 0 aliphatic rings. The van der Waals surface area contributed by atoms with Crippen LogP contribution < -0.4 is 11.1 Å².